The molecule has 8 heteroatoms. The number of aromatic nitrogens is 2. The van der Waals surface area contributed by atoms with Crippen molar-refractivity contribution in [2.24, 2.45) is 0 Å². The van der Waals surface area contributed by atoms with Crippen LogP contribution in [0.3, 0.4) is 0 Å². The highest BCUT2D eigenvalue weighted by molar-refractivity contribution is 6.32. The summed E-state index contributed by atoms with van der Waals surface area (Å²) in [6, 6.07) is 13.3. The first-order chi connectivity index (χ1) is 13.4. The number of aryl methyl sites for hydroxylation is 1. The highest BCUT2D eigenvalue weighted by Crippen LogP contribution is 2.29. The van der Waals surface area contributed by atoms with E-state index in [0.717, 1.165) is 0 Å². The summed E-state index contributed by atoms with van der Waals surface area (Å²) in [5.41, 5.74) is 0.753. The molecule has 7 nitrogen and oxygen atoms in total. The van der Waals surface area contributed by atoms with Crippen molar-refractivity contribution in [2.45, 2.75) is 6.92 Å². The number of anilines is 1. The molecule has 0 aliphatic heterocycles. The first-order valence-corrected chi connectivity index (χ1v) is 8.71. The molecule has 144 valence electrons. The number of nitrogens with one attached hydrogen (secondary N) is 1. The fourth-order valence-corrected chi connectivity index (χ4v) is 2.87. The number of nitrogens with zero attached hydrogens (tertiary/aromatic N) is 2. The Bertz CT molecular complexity index is 1100. The molecular formula is C20H18ClN3O4. The quantitative estimate of drug-likeness (QED) is 0.710. The van der Waals surface area contributed by atoms with Crippen LogP contribution >= 0.6 is 11.6 Å². The van der Waals surface area contributed by atoms with E-state index in [0.29, 0.717) is 33.6 Å². The summed E-state index contributed by atoms with van der Waals surface area (Å²) < 4.78 is 11.9. The second-order valence-corrected chi connectivity index (χ2v) is 6.29. The average molecular weight is 400 g/mol. The van der Waals surface area contributed by atoms with Crippen molar-refractivity contribution in [1.29, 1.82) is 0 Å². The number of para-hydroxylation sites is 1. The Balaban J connectivity index is 2.00. The highest BCUT2D eigenvalue weighted by atomic mass is 35.5. The van der Waals surface area contributed by atoms with E-state index < -0.39 is 11.3 Å². The van der Waals surface area contributed by atoms with Crippen LogP contribution in [0.15, 0.2) is 53.3 Å². The van der Waals surface area contributed by atoms with Gasteiger partial charge in [0.15, 0.2) is 5.69 Å². The number of carbonyl (C=O) groups excluding carboxylic acids is 1. The first kappa shape index (κ1) is 19.4. The molecule has 0 spiro atoms. The van der Waals surface area contributed by atoms with Crippen LogP contribution in [0.5, 0.6) is 11.5 Å². The number of hydrogen-bond donors (Lipinski definition) is 1. The molecule has 2 aromatic carbocycles. The van der Waals surface area contributed by atoms with Gasteiger partial charge in [-0.2, -0.15) is 5.10 Å². The minimum absolute atomic E-state index is 0.261. The van der Waals surface area contributed by atoms with Gasteiger partial charge in [-0.05, 0) is 31.2 Å². The van der Waals surface area contributed by atoms with Crippen molar-refractivity contribution in [1.82, 2.24) is 9.78 Å². The molecule has 3 rings (SSSR count). The third-order valence-electron chi connectivity index (χ3n) is 4.06. The minimum Gasteiger partial charge on any atom is -0.497 e. The Morgan fingerprint density at radius 3 is 2.54 bits per heavy atom. The smallest absolute Gasteiger partial charge is 0.280 e. The number of ether oxygens (including phenoxy) is 2. The van der Waals surface area contributed by atoms with Crippen molar-refractivity contribution in [2.75, 3.05) is 19.5 Å². The second-order valence-electron chi connectivity index (χ2n) is 5.88. The van der Waals surface area contributed by atoms with E-state index in [1.54, 1.807) is 49.4 Å². The number of carbonyl (C=O) groups is 1. The topological polar surface area (TPSA) is 82.5 Å². The van der Waals surface area contributed by atoms with Gasteiger partial charge >= 0.3 is 0 Å². The van der Waals surface area contributed by atoms with Gasteiger partial charge in [0.1, 0.15) is 11.5 Å². The molecule has 1 amide bonds. The van der Waals surface area contributed by atoms with Gasteiger partial charge < -0.3 is 14.8 Å². The molecule has 0 aliphatic rings. The zero-order valence-electron chi connectivity index (χ0n) is 15.5. The van der Waals surface area contributed by atoms with Crippen molar-refractivity contribution in [3.05, 3.63) is 75.2 Å². The Labute approximate surface area is 166 Å². The zero-order valence-corrected chi connectivity index (χ0v) is 16.3. The predicted octanol–water partition coefficient (Wildman–Crippen LogP) is 3.46. The van der Waals surface area contributed by atoms with E-state index in [9.17, 15) is 9.59 Å². The van der Waals surface area contributed by atoms with Crippen molar-refractivity contribution >= 4 is 23.2 Å². The Hall–Kier alpha value is -3.32. The van der Waals surface area contributed by atoms with Crippen LogP contribution in [0.2, 0.25) is 5.02 Å². The van der Waals surface area contributed by atoms with Crippen LogP contribution in [0.25, 0.3) is 5.69 Å². The Morgan fingerprint density at radius 1 is 1.11 bits per heavy atom. The van der Waals surface area contributed by atoms with E-state index in [-0.39, 0.29) is 5.69 Å². The van der Waals surface area contributed by atoms with E-state index in [2.05, 4.69) is 10.4 Å². The fourth-order valence-electron chi connectivity index (χ4n) is 2.66. The molecule has 1 N–H and O–H groups in total. The predicted molar refractivity (Wildman–Crippen MR) is 107 cm³/mol. The zero-order chi connectivity index (χ0) is 20.3. The lowest BCUT2D eigenvalue weighted by molar-refractivity contribution is 0.101. The molecule has 0 atom stereocenters. The third kappa shape index (κ3) is 3.84. The Kier molecular flexibility index (Phi) is 5.65. The minimum atomic E-state index is -0.658. The molecule has 1 aromatic heterocycles. The normalized spacial score (nSPS) is 10.4. The van der Waals surface area contributed by atoms with Gasteiger partial charge in [-0.3, -0.25) is 9.59 Å². The van der Waals surface area contributed by atoms with E-state index >= 15 is 0 Å². The van der Waals surface area contributed by atoms with Gasteiger partial charge in [-0.25, -0.2) is 4.68 Å². The number of methoxy groups -OCH3 is 2. The van der Waals surface area contributed by atoms with Gasteiger partial charge in [-0.15, -0.1) is 0 Å². The summed E-state index contributed by atoms with van der Waals surface area (Å²) in [7, 11) is 3.00. The van der Waals surface area contributed by atoms with Crippen LogP contribution in [0.4, 0.5) is 5.69 Å². The van der Waals surface area contributed by atoms with Crippen LogP contribution in [0.1, 0.15) is 16.2 Å². The maximum atomic E-state index is 12.7. The largest absolute Gasteiger partial charge is 0.497 e. The molecule has 0 aliphatic carbocycles. The first-order valence-electron chi connectivity index (χ1n) is 8.34. The maximum Gasteiger partial charge on any atom is 0.280 e. The van der Waals surface area contributed by atoms with Crippen LogP contribution in [0, 0.1) is 6.92 Å². The summed E-state index contributed by atoms with van der Waals surface area (Å²) in [4.78, 5) is 25.1. The molecule has 0 unspecified atom stereocenters. The molecule has 0 bridgehead atoms. The van der Waals surface area contributed by atoms with Crippen LogP contribution < -0.4 is 20.2 Å². The summed E-state index contributed by atoms with van der Waals surface area (Å²) in [5, 5.41) is 7.33. The van der Waals surface area contributed by atoms with Crippen molar-refractivity contribution in [3.8, 4) is 17.2 Å². The van der Waals surface area contributed by atoms with E-state index in [4.69, 9.17) is 21.1 Å². The number of amides is 1. The number of halogens is 1. The van der Waals surface area contributed by atoms with Gasteiger partial charge in [0.2, 0.25) is 5.43 Å². The third-order valence-corrected chi connectivity index (χ3v) is 4.38. The SMILES string of the molecule is COc1ccc(NC(=O)c2nn(-c3ccccc3Cl)c(C)cc2=O)c(OC)c1. The lowest BCUT2D eigenvalue weighted by Crippen LogP contribution is -2.27. The maximum absolute atomic E-state index is 12.7. The van der Waals surface area contributed by atoms with Gasteiger partial charge in [0.25, 0.3) is 5.91 Å². The van der Waals surface area contributed by atoms with Crippen LogP contribution in [-0.2, 0) is 0 Å². The molecule has 28 heavy (non-hydrogen) atoms. The Morgan fingerprint density at radius 2 is 1.86 bits per heavy atom. The standard InChI is InChI=1S/C20H18ClN3O4/c1-12-10-17(25)19(23-24(12)16-7-5-4-6-14(16)21)20(26)22-15-9-8-13(27-2)11-18(15)28-3/h4-11H,1-3H3,(H,22,26). The van der Waals surface area contributed by atoms with Gasteiger partial charge in [0, 0.05) is 17.8 Å². The second kappa shape index (κ2) is 8.14. The molecule has 0 fully saturated rings. The van der Waals surface area contributed by atoms with Gasteiger partial charge in [0.05, 0.1) is 30.6 Å². The number of hydrogen-bond acceptors (Lipinski definition) is 5. The molecule has 1 heterocycles. The van der Waals surface area contributed by atoms with E-state index in [1.807, 2.05) is 0 Å². The van der Waals surface area contributed by atoms with E-state index in [1.165, 1.54) is 25.0 Å². The molecule has 0 radical (unpaired) electrons. The van der Waals surface area contributed by atoms with Crippen molar-refractivity contribution in [3.63, 3.8) is 0 Å². The highest BCUT2D eigenvalue weighted by Gasteiger charge is 2.18. The van der Waals surface area contributed by atoms with Crippen LogP contribution in [-0.4, -0.2) is 29.9 Å². The fraction of sp³-hybridized carbons (Fsp3) is 0.150. The molecule has 3 aromatic rings. The summed E-state index contributed by atoms with van der Waals surface area (Å²) in [6.45, 7) is 1.71. The molecular weight excluding hydrogens is 382 g/mol. The van der Waals surface area contributed by atoms with Crippen molar-refractivity contribution < 1.29 is 14.3 Å². The average Bonchev–Trinajstić information content (AvgIpc) is 2.69. The lowest BCUT2D eigenvalue weighted by Gasteiger charge is -2.14. The van der Waals surface area contributed by atoms with Gasteiger partial charge in [-0.1, -0.05) is 23.7 Å². The number of rotatable bonds is 5. The monoisotopic (exact) mass is 399 g/mol. The number of benzene rings is 2. The molecule has 0 saturated heterocycles. The summed E-state index contributed by atoms with van der Waals surface area (Å²) in [5.74, 6) is 0.310. The summed E-state index contributed by atoms with van der Waals surface area (Å²) >= 11 is 6.23. The summed E-state index contributed by atoms with van der Waals surface area (Å²) in [6.07, 6.45) is 0. The molecule has 0 saturated carbocycles. The lowest BCUT2D eigenvalue weighted by atomic mass is 10.2.